The van der Waals surface area contributed by atoms with Crippen molar-refractivity contribution in [2.45, 2.75) is 130 Å². The molecule has 1 aliphatic carbocycles. The van der Waals surface area contributed by atoms with E-state index in [0.29, 0.717) is 63.5 Å². The standard InChI is InChI=1S/C64H82N2O8/c1-61(2,3)49-33-41-29-45-37-51(63(7,8)9)39-47(59(45)73-27-25-71-55-17-13-53(14-18-55)69-23-21-65)31-43-35-50(62(4,5)6)36-44(58(43)68)32-48-40-52(64(10,11)12)38-46(30-42(34-49)57(41)67)60(48)74-28-26-72-56-19-15-54(16-20-56)70-24-22-66/h13-20,33-40,67-68H,21-32,65-66H2,1-12H3. The van der Waals surface area contributed by atoms with Crippen molar-refractivity contribution in [1.29, 1.82) is 0 Å². The molecule has 6 aromatic carbocycles. The predicted molar refractivity (Wildman–Crippen MR) is 299 cm³/mol. The molecular weight excluding hydrogens is 925 g/mol. The first-order valence-corrected chi connectivity index (χ1v) is 26.3. The smallest absolute Gasteiger partial charge is 0.126 e. The Hall–Kier alpha value is -6.36. The first kappa shape index (κ1) is 55.4. The molecule has 6 N–H and O–H groups in total. The van der Waals surface area contributed by atoms with Crippen LogP contribution in [0.1, 0.15) is 150 Å². The lowest BCUT2D eigenvalue weighted by Gasteiger charge is -2.28. The maximum atomic E-state index is 12.7. The van der Waals surface area contributed by atoms with Gasteiger partial charge in [0, 0.05) is 38.8 Å². The fourth-order valence-electron chi connectivity index (χ4n) is 9.24. The van der Waals surface area contributed by atoms with E-state index >= 15 is 0 Å². The van der Waals surface area contributed by atoms with Gasteiger partial charge in [0.15, 0.2) is 0 Å². The van der Waals surface area contributed by atoms with Gasteiger partial charge in [0.05, 0.1) is 0 Å². The third-order valence-electron chi connectivity index (χ3n) is 13.6. The summed E-state index contributed by atoms with van der Waals surface area (Å²) in [4.78, 5) is 0. The van der Waals surface area contributed by atoms with E-state index in [1.54, 1.807) is 0 Å². The molecule has 8 bridgehead atoms. The summed E-state index contributed by atoms with van der Waals surface area (Å²) in [7, 11) is 0. The fraction of sp³-hybridized carbons (Fsp3) is 0.438. The molecule has 0 atom stereocenters. The molecule has 0 saturated heterocycles. The first-order valence-electron chi connectivity index (χ1n) is 26.3. The lowest BCUT2D eigenvalue weighted by molar-refractivity contribution is 0.214. The number of phenolic OH excluding ortho intramolecular Hbond substituents is 2. The van der Waals surface area contributed by atoms with Crippen LogP contribution in [0.3, 0.4) is 0 Å². The van der Waals surface area contributed by atoms with Crippen LogP contribution in [0, 0.1) is 0 Å². The molecule has 74 heavy (non-hydrogen) atoms. The van der Waals surface area contributed by atoms with Crippen LogP contribution in [0.4, 0.5) is 0 Å². The zero-order valence-electron chi connectivity index (χ0n) is 46.2. The van der Waals surface area contributed by atoms with E-state index in [9.17, 15) is 10.2 Å². The van der Waals surface area contributed by atoms with Crippen molar-refractivity contribution in [3.05, 3.63) is 164 Å². The summed E-state index contributed by atoms with van der Waals surface area (Å²) >= 11 is 0. The number of nitrogens with two attached hydrogens (primary N) is 2. The van der Waals surface area contributed by atoms with Crippen LogP contribution < -0.4 is 39.9 Å². The molecule has 10 nitrogen and oxygen atoms in total. The molecule has 6 aromatic rings. The van der Waals surface area contributed by atoms with Crippen LogP contribution in [-0.4, -0.2) is 62.9 Å². The Balaban J connectivity index is 1.38. The molecule has 0 aromatic heterocycles. The summed E-state index contributed by atoms with van der Waals surface area (Å²) in [5.74, 6) is 4.79. The van der Waals surface area contributed by atoms with E-state index in [1.165, 1.54) is 0 Å². The minimum absolute atomic E-state index is 0.230. The lowest BCUT2D eigenvalue weighted by atomic mass is 9.79. The molecular formula is C64H82N2O8. The summed E-state index contributed by atoms with van der Waals surface area (Å²) in [6.07, 6.45) is 1.59. The Labute approximate surface area is 441 Å². The number of ether oxygens (including phenoxy) is 6. The normalized spacial score (nSPS) is 13.1. The van der Waals surface area contributed by atoms with E-state index < -0.39 is 0 Å². The zero-order valence-corrected chi connectivity index (χ0v) is 46.2. The Morgan fingerprint density at radius 1 is 0.324 bits per heavy atom. The highest BCUT2D eigenvalue weighted by atomic mass is 16.5. The van der Waals surface area contributed by atoms with Crippen molar-refractivity contribution in [2.75, 3.05) is 52.7 Å². The molecule has 0 saturated carbocycles. The predicted octanol–water partition coefficient (Wildman–Crippen LogP) is 12.6. The Morgan fingerprint density at radius 2 is 0.527 bits per heavy atom. The van der Waals surface area contributed by atoms with Gasteiger partial charge in [-0.3, -0.25) is 0 Å². The van der Waals surface area contributed by atoms with Crippen molar-refractivity contribution in [2.24, 2.45) is 11.5 Å². The first-order chi connectivity index (χ1) is 34.9. The highest BCUT2D eigenvalue weighted by Crippen LogP contribution is 2.44. The molecule has 0 amide bonds. The monoisotopic (exact) mass is 1010 g/mol. The third kappa shape index (κ3) is 14.1. The quantitative estimate of drug-likeness (QED) is 0.0690. The minimum atomic E-state index is -0.239. The summed E-state index contributed by atoms with van der Waals surface area (Å²) in [6.45, 7) is 29.4. The van der Waals surface area contributed by atoms with Crippen molar-refractivity contribution in [3.63, 3.8) is 0 Å². The number of rotatable bonds is 16. The number of hydrogen-bond acceptors (Lipinski definition) is 10. The Kier molecular flexibility index (Phi) is 17.2. The largest absolute Gasteiger partial charge is 0.507 e. The van der Waals surface area contributed by atoms with Crippen molar-refractivity contribution < 1.29 is 38.6 Å². The molecule has 0 aliphatic heterocycles. The topological polar surface area (TPSA) is 148 Å². The maximum absolute atomic E-state index is 12.7. The molecule has 396 valence electrons. The summed E-state index contributed by atoms with van der Waals surface area (Å²) < 4.78 is 37.6. The highest BCUT2D eigenvalue weighted by Gasteiger charge is 2.29. The van der Waals surface area contributed by atoms with Gasteiger partial charge in [-0.2, -0.15) is 0 Å². The van der Waals surface area contributed by atoms with Gasteiger partial charge >= 0.3 is 0 Å². The molecule has 1 aliphatic rings. The number of aromatic hydroxyl groups is 2. The van der Waals surface area contributed by atoms with Gasteiger partial charge in [-0.15, -0.1) is 0 Å². The Bertz CT molecular complexity index is 2570. The Morgan fingerprint density at radius 3 is 0.743 bits per heavy atom. The molecule has 0 spiro atoms. The second-order valence-corrected chi connectivity index (χ2v) is 23.9. The minimum Gasteiger partial charge on any atom is -0.507 e. The van der Waals surface area contributed by atoms with Crippen LogP contribution in [-0.2, 0) is 47.3 Å². The third-order valence-corrected chi connectivity index (χ3v) is 13.6. The summed E-state index contributed by atoms with van der Waals surface area (Å²) in [5.41, 5.74) is 21.8. The van der Waals surface area contributed by atoms with Crippen molar-refractivity contribution in [3.8, 4) is 46.0 Å². The van der Waals surface area contributed by atoms with Gasteiger partial charge in [0.25, 0.3) is 0 Å². The van der Waals surface area contributed by atoms with Crippen LogP contribution in [0.25, 0.3) is 0 Å². The second-order valence-electron chi connectivity index (χ2n) is 23.9. The van der Waals surface area contributed by atoms with E-state index in [4.69, 9.17) is 39.9 Å². The van der Waals surface area contributed by atoms with E-state index in [2.05, 4.69) is 132 Å². The van der Waals surface area contributed by atoms with Crippen LogP contribution in [0.2, 0.25) is 0 Å². The zero-order chi connectivity index (χ0) is 53.6. The maximum Gasteiger partial charge on any atom is 0.126 e. The second kappa shape index (κ2) is 23.0. The summed E-state index contributed by atoms with van der Waals surface area (Å²) in [6, 6.07) is 32.6. The van der Waals surface area contributed by atoms with Gasteiger partial charge in [0.1, 0.15) is 85.6 Å². The average Bonchev–Trinajstić information content (AvgIpc) is 3.32. The van der Waals surface area contributed by atoms with Gasteiger partial charge in [-0.1, -0.05) is 132 Å². The number of benzene rings is 6. The molecule has 0 unspecified atom stereocenters. The molecule has 10 heteroatoms. The number of phenols is 2. The number of hydrogen-bond donors (Lipinski definition) is 4. The van der Waals surface area contributed by atoms with Crippen molar-refractivity contribution >= 4 is 0 Å². The molecule has 7 rings (SSSR count). The molecule has 0 radical (unpaired) electrons. The molecule has 0 fully saturated rings. The fourth-order valence-corrected chi connectivity index (χ4v) is 9.24. The van der Waals surface area contributed by atoms with Crippen LogP contribution in [0.5, 0.6) is 46.0 Å². The molecule has 0 heterocycles. The van der Waals surface area contributed by atoms with E-state index in [0.717, 1.165) is 89.8 Å². The summed E-state index contributed by atoms with van der Waals surface area (Å²) in [5, 5.41) is 25.5. The van der Waals surface area contributed by atoms with Gasteiger partial charge in [-0.05, 0) is 137 Å². The van der Waals surface area contributed by atoms with Gasteiger partial charge < -0.3 is 50.1 Å². The lowest BCUT2D eigenvalue weighted by Crippen LogP contribution is -2.18. The highest BCUT2D eigenvalue weighted by molar-refractivity contribution is 5.59. The van der Waals surface area contributed by atoms with Gasteiger partial charge in [0.2, 0.25) is 0 Å². The van der Waals surface area contributed by atoms with Crippen molar-refractivity contribution in [1.82, 2.24) is 0 Å². The van der Waals surface area contributed by atoms with E-state index in [1.807, 2.05) is 48.5 Å². The SMILES string of the molecule is CC(C)(C)c1cc2c(O)c(c1)Cc1cc(C(C)(C)C)cc(c1OCCOc1ccc(OCCN)cc1)Cc1cc(C(C)(C)C)cc(c1O)Cc1cc(C(C)(C)C)cc(c1OCCOc1ccc(OCCN)cc1)C2. The average molecular weight is 1010 g/mol. The van der Waals surface area contributed by atoms with Crippen LogP contribution in [0.15, 0.2) is 97.1 Å². The number of fused-ring (bicyclic) bond motifs is 8. The van der Waals surface area contributed by atoms with Crippen LogP contribution >= 0.6 is 0 Å². The van der Waals surface area contributed by atoms with Gasteiger partial charge in [-0.25, -0.2) is 0 Å². The van der Waals surface area contributed by atoms with E-state index in [-0.39, 0.29) is 59.6 Å².